The number of anilines is 2. The number of carbonyl (C=O) groups is 2. The molecule has 34 heavy (non-hydrogen) atoms. The number of nitrogens with one attached hydrogen (secondary N) is 2. The highest BCUT2D eigenvalue weighted by Crippen LogP contribution is 2.25. The van der Waals surface area contributed by atoms with Crippen LogP contribution in [-0.2, 0) is 10.0 Å². The number of amides is 2. The van der Waals surface area contributed by atoms with Gasteiger partial charge in [0.15, 0.2) is 5.76 Å². The van der Waals surface area contributed by atoms with Crippen LogP contribution in [-0.4, -0.2) is 37.6 Å². The van der Waals surface area contributed by atoms with Crippen LogP contribution >= 0.6 is 0 Å². The van der Waals surface area contributed by atoms with Gasteiger partial charge in [-0.2, -0.15) is 4.31 Å². The molecule has 1 aliphatic heterocycles. The highest BCUT2D eigenvalue weighted by Gasteiger charge is 2.28. The first kappa shape index (κ1) is 23.7. The topological polar surface area (TPSA) is 109 Å². The molecule has 2 aromatic carbocycles. The van der Waals surface area contributed by atoms with Crippen LogP contribution in [0.3, 0.4) is 0 Å². The number of sulfonamides is 1. The first-order chi connectivity index (χ1) is 16.2. The SMILES string of the molecule is Cc1ccc(C(=O)Nc2ccc(S(=O)(=O)N3CCC[C@@H](C)C3)cc2)cc1NC(=O)c1ccco1. The fraction of sp³-hybridized carbons (Fsp3) is 0.280. The van der Waals surface area contributed by atoms with Gasteiger partial charge in [-0.3, -0.25) is 9.59 Å². The summed E-state index contributed by atoms with van der Waals surface area (Å²) in [7, 11) is -3.56. The molecule has 0 spiro atoms. The molecule has 4 rings (SSSR count). The average molecular weight is 482 g/mol. The molecule has 1 aromatic heterocycles. The van der Waals surface area contributed by atoms with E-state index in [0.29, 0.717) is 35.9 Å². The van der Waals surface area contributed by atoms with E-state index in [1.54, 1.807) is 42.5 Å². The normalized spacial score (nSPS) is 16.7. The van der Waals surface area contributed by atoms with Crippen molar-refractivity contribution < 1.29 is 22.4 Å². The molecule has 1 atom stereocenters. The predicted molar refractivity (Wildman–Crippen MR) is 129 cm³/mol. The minimum absolute atomic E-state index is 0.170. The van der Waals surface area contributed by atoms with E-state index >= 15 is 0 Å². The van der Waals surface area contributed by atoms with Gasteiger partial charge in [0, 0.05) is 30.0 Å². The summed E-state index contributed by atoms with van der Waals surface area (Å²) in [5.74, 6) is -0.284. The van der Waals surface area contributed by atoms with Gasteiger partial charge in [0.05, 0.1) is 11.2 Å². The van der Waals surface area contributed by atoms with Crippen LogP contribution in [0.15, 0.2) is 70.2 Å². The molecule has 0 radical (unpaired) electrons. The van der Waals surface area contributed by atoms with E-state index in [9.17, 15) is 18.0 Å². The lowest BCUT2D eigenvalue weighted by atomic mass is 10.0. The zero-order valence-electron chi connectivity index (χ0n) is 19.1. The molecule has 2 amide bonds. The van der Waals surface area contributed by atoms with Crippen molar-refractivity contribution in [3.63, 3.8) is 0 Å². The number of carbonyl (C=O) groups excluding carboxylic acids is 2. The number of hydrogen-bond acceptors (Lipinski definition) is 5. The largest absolute Gasteiger partial charge is 0.459 e. The van der Waals surface area contributed by atoms with E-state index in [0.717, 1.165) is 18.4 Å². The number of aryl methyl sites for hydroxylation is 1. The summed E-state index contributed by atoms with van der Waals surface area (Å²) >= 11 is 0. The average Bonchev–Trinajstić information content (AvgIpc) is 3.36. The zero-order valence-corrected chi connectivity index (χ0v) is 19.9. The lowest BCUT2D eigenvalue weighted by Gasteiger charge is -2.30. The van der Waals surface area contributed by atoms with Crippen LogP contribution in [0.25, 0.3) is 0 Å². The molecule has 1 saturated heterocycles. The van der Waals surface area contributed by atoms with Gasteiger partial charge < -0.3 is 15.1 Å². The Morgan fingerprint density at radius 3 is 2.47 bits per heavy atom. The molecule has 9 heteroatoms. The van der Waals surface area contributed by atoms with Gasteiger partial charge in [-0.1, -0.05) is 13.0 Å². The van der Waals surface area contributed by atoms with E-state index < -0.39 is 15.9 Å². The molecule has 2 heterocycles. The Morgan fingerprint density at radius 1 is 1.03 bits per heavy atom. The van der Waals surface area contributed by atoms with Crippen molar-refractivity contribution in [1.29, 1.82) is 0 Å². The third-order valence-corrected chi connectivity index (χ3v) is 7.74. The van der Waals surface area contributed by atoms with Crippen molar-refractivity contribution >= 4 is 33.2 Å². The Morgan fingerprint density at radius 2 is 1.79 bits per heavy atom. The monoisotopic (exact) mass is 481 g/mol. The van der Waals surface area contributed by atoms with Gasteiger partial charge >= 0.3 is 0 Å². The lowest BCUT2D eigenvalue weighted by molar-refractivity contribution is 0.0993. The number of rotatable bonds is 6. The smallest absolute Gasteiger partial charge is 0.291 e. The minimum Gasteiger partial charge on any atom is -0.459 e. The third kappa shape index (κ3) is 5.21. The van der Waals surface area contributed by atoms with Crippen molar-refractivity contribution in [2.45, 2.75) is 31.6 Å². The van der Waals surface area contributed by atoms with E-state index in [1.165, 1.54) is 22.7 Å². The second kappa shape index (κ2) is 9.82. The summed E-state index contributed by atoms with van der Waals surface area (Å²) in [4.78, 5) is 25.3. The minimum atomic E-state index is -3.56. The summed E-state index contributed by atoms with van der Waals surface area (Å²) in [5.41, 5.74) is 2.10. The fourth-order valence-corrected chi connectivity index (χ4v) is 5.52. The predicted octanol–water partition coefficient (Wildman–Crippen LogP) is 4.51. The molecule has 0 bridgehead atoms. The number of piperidine rings is 1. The maximum atomic E-state index is 12.9. The Hall–Kier alpha value is -3.43. The first-order valence-corrected chi connectivity index (χ1v) is 12.5. The van der Waals surface area contributed by atoms with Crippen molar-refractivity contribution in [1.82, 2.24) is 4.31 Å². The summed E-state index contributed by atoms with van der Waals surface area (Å²) in [6.07, 6.45) is 3.30. The van der Waals surface area contributed by atoms with E-state index in [2.05, 4.69) is 17.6 Å². The van der Waals surface area contributed by atoms with Crippen LogP contribution in [0.5, 0.6) is 0 Å². The molecule has 1 aliphatic rings. The van der Waals surface area contributed by atoms with Crippen molar-refractivity contribution in [2.75, 3.05) is 23.7 Å². The quantitative estimate of drug-likeness (QED) is 0.538. The second-order valence-electron chi connectivity index (χ2n) is 8.55. The van der Waals surface area contributed by atoms with Gasteiger partial charge in [-0.05, 0) is 79.8 Å². The summed E-state index contributed by atoms with van der Waals surface area (Å²) in [5, 5.41) is 5.52. The zero-order chi connectivity index (χ0) is 24.3. The summed E-state index contributed by atoms with van der Waals surface area (Å²) in [6.45, 7) is 4.92. The van der Waals surface area contributed by atoms with Gasteiger partial charge in [-0.15, -0.1) is 0 Å². The molecule has 0 saturated carbocycles. The molecule has 178 valence electrons. The van der Waals surface area contributed by atoms with E-state index in [4.69, 9.17) is 4.42 Å². The molecular weight excluding hydrogens is 454 g/mol. The van der Waals surface area contributed by atoms with Crippen molar-refractivity contribution in [3.05, 3.63) is 77.7 Å². The van der Waals surface area contributed by atoms with Crippen LogP contribution in [0.2, 0.25) is 0 Å². The highest BCUT2D eigenvalue weighted by atomic mass is 32.2. The Balaban J connectivity index is 1.45. The van der Waals surface area contributed by atoms with Crippen LogP contribution in [0.1, 0.15) is 46.2 Å². The number of furan rings is 1. The Bertz CT molecular complexity index is 1280. The standard InChI is InChI=1S/C25H27N3O5S/c1-17-5-3-13-28(16-17)34(31,32)21-11-9-20(10-12-21)26-24(29)19-8-7-18(2)22(15-19)27-25(30)23-6-4-14-33-23/h4,6-12,14-15,17H,3,5,13,16H2,1-2H3,(H,26,29)(H,27,30)/t17-/m1/s1. The summed E-state index contributed by atoms with van der Waals surface area (Å²) < 4.78 is 32.5. The van der Waals surface area contributed by atoms with E-state index in [1.807, 2.05) is 6.92 Å². The van der Waals surface area contributed by atoms with Crippen molar-refractivity contribution in [3.8, 4) is 0 Å². The van der Waals surface area contributed by atoms with Crippen LogP contribution < -0.4 is 10.6 Å². The number of nitrogens with zero attached hydrogens (tertiary/aromatic N) is 1. The molecule has 1 fully saturated rings. The third-order valence-electron chi connectivity index (χ3n) is 5.86. The molecule has 3 aromatic rings. The molecule has 2 N–H and O–H groups in total. The Kier molecular flexibility index (Phi) is 6.85. The fourth-order valence-electron chi connectivity index (χ4n) is 3.92. The van der Waals surface area contributed by atoms with Gasteiger partial charge in [-0.25, -0.2) is 8.42 Å². The van der Waals surface area contributed by atoms with Crippen molar-refractivity contribution in [2.24, 2.45) is 5.92 Å². The first-order valence-electron chi connectivity index (χ1n) is 11.1. The second-order valence-corrected chi connectivity index (χ2v) is 10.5. The number of hydrogen-bond donors (Lipinski definition) is 2. The maximum absolute atomic E-state index is 12.9. The molecular formula is C25H27N3O5S. The van der Waals surface area contributed by atoms with Crippen LogP contribution in [0, 0.1) is 12.8 Å². The van der Waals surface area contributed by atoms with Gasteiger partial charge in [0.25, 0.3) is 11.8 Å². The van der Waals surface area contributed by atoms with Gasteiger partial charge in [0.1, 0.15) is 0 Å². The maximum Gasteiger partial charge on any atom is 0.291 e. The summed E-state index contributed by atoms with van der Waals surface area (Å²) in [6, 6.07) is 14.3. The molecule has 0 unspecified atom stereocenters. The van der Waals surface area contributed by atoms with E-state index in [-0.39, 0.29) is 16.6 Å². The molecule has 0 aliphatic carbocycles. The Labute approximate surface area is 199 Å². The number of benzene rings is 2. The molecule has 8 nitrogen and oxygen atoms in total. The lowest BCUT2D eigenvalue weighted by Crippen LogP contribution is -2.39. The highest BCUT2D eigenvalue weighted by molar-refractivity contribution is 7.89. The van der Waals surface area contributed by atoms with Gasteiger partial charge in [0.2, 0.25) is 10.0 Å². The van der Waals surface area contributed by atoms with Crippen LogP contribution in [0.4, 0.5) is 11.4 Å².